The molecule has 1 aliphatic heterocycles. The molecule has 0 spiro atoms. The Labute approximate surface area is 183 Å². The number of halogens is 1. The number of benzene rings is 1. The number of hydrazine groups is 1. The first-order chi connectivity index (χ1) is 14.4. The zero-order valence-corrected chi connectivity index (χ0v) is 18.0. The van der Waals surface area contributed by atoms with Crippen LogP contribution in [0.4, 0.5) is 0 Å². The zero-order chi connectivity index (χ0) is 21.4. The van der Waals surface area contributed by atoms with Gasteiger partial charge in [0.05, 0.1) is 16.7 Å². The molecule has 2 fully saturated rings. The van der Waals surface area contributed by atoms with Gasteiger partial charge in [0.25, 0.3) is 17.7 Å². The Kier molecular flexibility index (Phi) is 5.75. The Morgan fingerprint density at radius 3 is 2.47 bits per heavy atom. The lowest BCUT2D eigenvalue weighted by molar-refractivity contribution is -0.154. The van der Waals surface area contributed by atoms with Gasteiger partial charge in [-0.1, -0.05) is 24.6 Å². The monoisotopic (exact) mass is 444 g/mol. The highest BCUT2D eigenvalue weighted by Gasteiger charge is 2.52. The maximum absolute atomic E-state index is 13.3. The van der Waals surface area contributed by atoms with E-state index in [0.29, 0.717) is 28.7 Å². The number of hydrogen-bond donors (Lipinski definition) is 0. The predicted octanol–water partition coefficient (Wildman–Crippen LogP) is 4.06. The first-order valence-electron chi connectivity index (χ1n) is 9.88. The number of Topliss-reactive ketones (excluding diaryl/α,β-unsaturated/α-hetero) is 1. The van der Waals surface area contributed by atoms with Gasteiger partial charge in [0.1, 0.15) is 6.54 Å². The Bertz CT molecular complexity index is 989. The number of ketones is 1. The average Bonchev–Trinajstić information content (AvgIpc) is 3.34. The van der Waals surface area contributed by atoms with Gasteiger partial charge in [0.15, 0.2) is 5.78 Å². The van der Waals surface area contributed by atoms with E-state index in [4.69, 9.17) is 11.6 Å². The van der Waals surface area contributed by atoms with Gasteiger partial charge in [0.2, 0.25) is 0 Å². The summed E-state index contributed by atoms with van der Waals surface area (Å²) < 4.78 is 0. The molecule has 1 saturated heterocycles. The fourth-order valence-electron chi connectivity index (χ4n) is 4.24. The molecule has 1 aromatic carbocycles. The van der Waals surface area contributed by atoms with Crippen molar-refractivity contribution < 1.29 is 19.2 Å². The number of rotatable bonds is 5. The lowest BCUT2D eigenvalue weighted by atomic mass is 9.76. The van der Waals surface area contributed by atoms with Crippen LogP contribution in [0.15, 0.2) is 41.8 Å². The number of hydrogen-bond acceptors (Lipinski definition) is 5. The van der Waals surface area contributed by atoms with Gasteiger partial charge in [-0.15, -0.1) is 11.3 Å². The van der Waals surface area contributed by atoms with Crippen molar-refractivity contribution >= 4 is 46.4 Å². The van der Waals surface area contributed by atoms with E-state index in [2.05, 4.69) is 6.92 Å². The summed E-state index contributed by atoms with van der Waals surface area (Å²) in [4.78, 5) is 52.9. The third-order valence-corrected chi connectivity index (χ3v) is 6.98. The number of carbonyl (C=O) groups excluding carboxylic acids is 4. The Balaban J connectivity index is 1.68. The zero-order valence-electron chi connectivity index (χ0n) is 16.4. The summed E-state index contributed by atoms with van der Waals surface area (Å²) in [5.74, 6) is -2.20. The minimum absolute atomic E-state index is 0.252. The molecule has 4 rings (SSSR count). The van der Waals surface area contributed by atoms with E-state index in [1.165, 1.54) is 23.5 Å². The molecule has 2 aromatic rings. The van der Waals surface area contributed by atoms with Gasteiger partial charge in [-0.25, -0.2) is 5.01 Å². The molecule has 2 aliphatic rings. The molecule has 1 saturated carbocycles. The van der Waals surface area contributed by atoms with E-state index >= 15 is 0 Å². The highest BCUT2D eigenvalue weighted by Crippen LogP contribution is 2.41. The summed E-state index contributed by atoms with van der Waals surface area (Å²) in [6.45, 7) is 1.68. The van der Waals surface area contributed by atoms with Crippen molar-refractivity contribution in [3.05, 3.63) is 57.2 Å². The fourth-order valence-corrected chi connectivity index (χ4v) is 5.02. The summed E-state index contributed by atoms with van der Waals surface area (Å²) >= 11 is 7.18. The second-order valence-corrected chi connectivity index (χ2v) is 9.27. The van der Waals surface area contributed by atoms with Crippen molar-refractivity contribution in [2.75, 3.05) is 6.54 Å². The summed E-state index contributed by atoms with van der Waals surface area (Å²) in [5.41, 5.74) is 0.252. The van der Waals surface area contributed by atoms with Gasteiger partial charge in [0, 0.05) is 10.6 Å². The molecule has 0 unspecified atom stereocenters. The van der Waals surface area contributed by atoms with E-state index in [1.54, 1.807) is 29.6 Å². The second-order valence-electron chi connectivity index (χ2n) is 7.89. The average molecular weight is 445 g/mol. The Morgan fingerprint density at radius 1 is 1.10 bits per heavy atom. The van der Waals surface area contributed by atoms with Gasteiger partial charge in [-0.3, -0.25) is 19.2 Å². The Hall–Kier alpha value is -2.51. The lowest BCUT2D eigenvalue weighted by Gasteiger charge is -2.30. The van der Waals surface area contributed by atoms with Gasteiger partial charge >= 0.3 is 0 Å². The van der Waals surface area contributed by atoms with Crippen LogP contribution in [0, 0.1) is 17.8 Å². The highest BCUT2D eigenvalue weighted by molar-refractivity contribution is 7.12. The first kappa shape index (κ1) is 20.8. The van der Waals surface area contributed by atoms with Crippen molar-refractivity contribution in [1.82, 2.24) is 10.0 Å². The minimum Gasteiger partial charge on any atom is -0.291 e. The molecule has 30 heavy (non-hydrogen) atoms. The van der Waals surface area contributed by atoms with Crippen LogP contribution in [0.2, 0.25) is 5.02 Å². The molecule has 8 heteroatoms. The normalized spacial score (nSPS) is 23.4. The maximum atomic E-state index is 13.3. The standard InChI is InChI=1S/C22H21ClN2O4S/c1-13-4-9-16-17(11-13)22(29)25(21(16)28)24(12-18(26)19-3-2-10-30-19)20(27)14-5-7-15(23)8-6-14/h2-3,5-8,10,13,16-17H,4,9,11-12H2,1H3/t13-,16-,17-/m1/s1. The topological polar surface area (TPSA) is 74.8 Å². The number of carbonyl (C=O) groups is 4. The summed E-state index contributed by atoms with van der Waals surface area (Å²) in [5, 5.41) is 4.16. The van der Waals surface area contributed by atoms with Crippen LogP contribution in [0.5, 0.6) is 0 Å². The molecule has 6 nitrogen and oxygen atoms in total. The fraction of sp³-hybridized carbons (Fsp3) is 0.364. The molecule has 3 amide bonds. The molecule has 156 valence electrons. The summed E-state index contributed by atoms with van der Waals surface area (Å²) in [6.07, 6.45) is 2.11. The van der Waals surface area contributed by atoms with Crippen LogP contribution >= 0.6 is 22.9 Å². The van der Waals surface area contributed by atoms with E-state index in [-0.39, 0.29) is 17.9 Å². The molecule has 1 aromatic heterocycles. The maximum Gasteiger partial charge on any atom is 0.273 e. The number of fused-ring (bicyclic) bond motifs is 1. The van der Waals surface area contributed by atoms with Crippen LogP contribution in [-0.4, -0.2) is 40.1 Å². The smallest absolute Gasteiger partial charge is 0.273 e. The van der Waals surface area contributed by atoms with Crippen LogP contribution in [0.1, 0.15) is 46.2 Å². The number of imide groups is 1. The van der Waals surface area contributed by atoms with Crippen molar-refractivity contribution in [2.45, 2.75) is 26.2 Å². The second kappa shape index (κ2) is 8.32. The third kappa shape index (κ3) is 3.79. The third-order valence-electron chi connectivity index (χ3n) is 5.82. The van der Waals surface area contributed by atoms with E-state index in [1.807, 2.05) is 0 Å². The largest absolute Gasteiger partial charge is 0.291 e. The van der Waals surface area contributed by atoms with Crippen molar-refractivity contribution in [3.63, 3.8) is 0 Å². The molecular weight excluding hydrogens is 424 g/mol. The number of nitrogens with zero attached hydrogens (tertiary/aromatic N) is 2. The van der Waals surface area contributed by atoms with Crippen LogP contribution in [0.25, 0.3) is 0 Å². The van der Waals surface area contributed by atoms with Crippen LogP contribution in [-0.2, 0) is 9.59 Å². The molecule has 0 N–H and O–H groups in total. The van der Waals surface area contributed by atoms with Gasteiger partial charge < -0.3 is 0 Å². The van der Waals surface area contributed by atoms with Crippen LogP contribution in [0.3, 0.4) is 0 Å². The molecule has 0 radical (unpaired) electrons. The molecule has 0 bridgehead atoms. The van der Waals surface area contributed by atoms with Crippen molar-refractivity contribution in [2.24, 2.45) is 17.8 Å². The van der Waals surface area contributed by atoms with Gasteiger partial charge in [-0.05, 0) is 60.9 Å². The van der Waals surface area contributed by atoms with E-state index in [0.717, 1.165) is 16.4 Å². The van der Waals surface area contributed by atoms with E-state index in [9.17, 15) is 19.2 Å². The van der Waals surface area contributed by atoms with Gasteiger partial charge in [-0.2, -0.15) is 5.01 Å². The summed E-state index contributed by atoms with van der Waals surface area (Å²) in [6, 6.07) is 9.56. The van der Waals surface area contributed by atoms with Crippen molar-refractivity contribution in [3.8, 4) is 0 Å². The number of thiophene rings is 1. The van der Waals surface area contributed by atoms with Crippen LogP contribution < -0.4 is 0 Å². The molecule has 2 heterocycles. The highest BCUT2D eigenvalue weighted by atomic mass is 35.5. The Morgan fingerprint density at radius 2 is 1.80 bits per heavy atom. The summed E-state index contributed by atoms with van der Waals surface area (Å²) in [7, 11) is 0. The minimum atomic E-state index is -0.579. The first-order valence-corrected chi connectivity index (χ1v) is 11.1. The van der Waals surface area contributed by atoms with Crippen molar-refractivity contribution in [1.29, 1.82) is 0 Å². The molecule has 1 aliphatic carbocycles. The van der Waals surface area contributed by atoms with E-state index < -0.39 is 29.6 Å². The molecule has 3 atom stereocenters. The lowest BCUT2D eigenvalue weighted by Crippen LogP contribution is -2.52. The number of amides is 3. The predicted molar refractivity (Wildman–Crippen MR) is 113 cm³/mol. The molecular formula is C22H21ClN2O4S. The quantitative estimate of drug-likeness (QED) is 0.514. The SMILES string of the molecule is C[C@@H]1CC[C@H]2C(=O)N(N(CC(=O)c3cccs3)C(=O)c3ccc(Cl)cc3)C(=O)[C@@H]2C1.